The Morgan fingerprint density at radius 3 is 2.90 bits per heavy atom. The molecule has 0 saturated carbocycles. The zero-order valence-electron chi connectivity index (χ0n) is 10.4. The molecule has 0 radical (unpaired) electrons. The molecule has 106 valence electrons. The average molecular weight is 308 g/mol. The van der Waals surface area contributed by atoms with Gasteiger partial charge in [-0.2, -0.15) is 10.2 Å². The average Bonchev–Trinajstić information content (AvgIpc) is 2.45. The zero-order chi connectivity index (χ0) is 15.4. The van der Waals surface area contributed by atoms with Crippen molar-refractivity contribution in [2.24, 2.45) is 0 Å². The molecule has 0 aliphatic heterocycles. The van der Waals surface area contributed by atoms with E-state index in [-0.39, 0.29) is 28.9 Å². The second-order valence-corrected chi connectivity index (χ2v) is 4.25. The molecule has 1 N–H and O–H groups in total. The highest BCUT2D eigenvalue weighted by Gasteiger charge is 2.16. The number of rotatable bonds is 4. The van der Waals surface area contributed by atoms with E-state index >= 15 is 0 Å². The number of hydrogen-bond acceptors (Lipinski definition) is 6. The van der Waals surface area contributed by atoms with Crippen LogP contribution in [0, 0.1) is 27.3 Å². The van der Waals surface area contributed by atoms with Crippen LogP contribution in [0.25, 0.3) is 0 Å². The van der Waals surface area contributed by atoms with E-state index in [2.05, 4.69) is 15.3 Å². The van der Waals surface area contributed by atoms with Crippen LogP contribution in [0.5, 0.6) is 0 Å². The lowest BCUT2D eigenvalue weighted by Crippen LogP contribution is -2.06. The third kappa shape index (κ3) is 3.40. The van der Waals surface area contributed by atoms with Gasteiger partial charge < -0.3 is 5.32 Å². The molecule has 0 saturated heterocycles. The molecule has 0 atom stereocenters. The molecule has 21 heavy (non-hydrogen) atoms. The van der Waals surface area contributed by atoms with E-state index in [1.807, 2.05) is 0 Å². The van der Waals surface area contributed by atoms with Gasteiger partial charge in [0.25, 0.3) is 0 Å². The van der Waals surface area contributed by atoms with E-state index in [4.69, 9.17) is 16.9 Å². The Bertz CT molecular complexity index is 747. The van der Waals surface area contributed by atoms with Gasteiger partial charge in [0.2, 0.25) is 11.1 Å². The Morgan fingerprint density at radius 1 is 1.52 bits per heavy atom. The minimum Gasteiger partial charge on any atom is -0.360 e. The lowest BCUT2D eigenvalue weighted by atomic mass is 10.1. The Hall–Kier alpha value is -2.79. The van der Waals surface area contributed by atoms with Crippen molar-refractivity contribution in [1.82, 2.24) is 9.97 Å². The summed E-state index contributed by atoms with van der Waals surface area (Å²) >= 11 is 5.59. The van der Waals surface area contributed by atoms with Gasteiger partial charge in [-0.1, -0.05) is 6.07 Å². The van der Waals surface area contributed by atoms with Gasteiger partial charge in [0, 0.05) is 6.54 Å². The summed E-state index contributed by atoms with van der Waals surface area (Å²) in [5.74, 6) is -0.725. The largest absolute Gasteiger partial charge is 0.360 e. The van der Waals surface area contributed by atoms with Crippen LogP contribution in [0.4, 0.5) is 15.9 Å². The van der Waals surface area contributed by atoms with Gasteiger partial charge in [0.15, 0.2) is 0 Å². The van der Waals surface area contributed by atoms with Crippen LogP contribution in [-0.4, -0.2) is 14.9 Å². The predicted octanol–water partition coefficient (Wildman–Crippen LogP) is 2.66. The molecule has 0 bridgehead atoms. The maximum Gasteiger partial charge on any atom is 0.329 e. The van der Waals surface area contributed by atoms with E-state index in [9.17, 15) is 14.5 Å². The lowest BCUT2D eigenvalue weighted by molar-refractivity contribution is -0.384. The molecule has 1 aromatic heterocycles. The first kappa shape index (κ1) is 14.6. The fraction of sp³-hybridized carbons (Fsp3) is 0.0833. The van der Waals surface area contributed by atoms with Crippen LogP contribution in [0.1, 0.15) is 11.1 Å². The molecule has 0 fully saturated rings. The number of nitriles is 1. The normalized spacial score (nSPS) is 9.95. The van der Waals surface area contributed by atoms with Crippen molar-refractivity contribution in [3.63, 3.8) is 0 Å². The monoisotopic (exact) mass is 307 g/mol. The third-order valence-electron chi connectivity index (χ3n) is 2.55. The minimum absolute atomic E-state index is 0.0650. The fourth-order valence-corrected chi connectivity index (χ4v) is 1.70. The maximum atomic E-state index is 13.4. The number of benzene rings is 1. The molecule has 9 heteroatoms. The van der Waals surface area contributed by atoms with E-state index in [1.54, 1.807) is 6.07 Å². The first-order valence-corrected chi connectivity index (χ1v) is 5.98. The maximum absolute atomic E-state index is 13.4. The quantitative estimate of drug-likeness (QED) is 0.529. The molecular weight excluding hydrogens is 301 g/mol. The second-order valence-electron chi connectivity index (χ2n) is 3.91. The van der Waals surface area contributed by atoms with Crippen molar-refractivity contribution in [3.05, 3.63) is 56.7 Å². The van der Waals surface area contributed by atoms with Crippen molar-refractivity contribution in [1.29, 1.82) is 5.26 Å². The number of hydrogen-bond donors (Lipinski definition) is 1. The van der Waals surface area contributed by atoms with Gasteiger partial charge >= 0.3 is 5.69 Å². The second kappa shape index (κ2) is 6.11. The van der Waals surface area contributed by atoms with Crippen LogP contribution in [-0.2, 0) is 6.54 Å². The van der Waals surface area contributed by atoms with Crippen molar-refractivity contribution < 1.29 is 9.31 Å². The van der Waals surface area contributed by atoms with Gasteiger partial charge in [-0.3, -0.25) is 10.1 Å². The summed E-state index contributed by atoms with van der Waals surface area (Å²) in [4.78, 5) is 17.4. The van der Waals surface area contributed by atoms with E-state index in [0.717, 1.165) is 6.20 Å². The van der Waals surface area contributed by atoms with Gasteiger partial charge in [0.1, 0.15) is 18.1 Å². The summed E-state index contributed by atoms with van der Waals surface area (Å²) in [5.41, 5.74) is 0.0823. The van der Waals surface area contributed by atoms with Gasteiger partial charge in [0.05, 0.1) is 10.5 Å². The van der Waals surface area contributed by atoms with Crippen molar-refractivity contribution >= 4 is 23.1 Å². The van der Waals surface area contributed by atoms with Gasteiger partial charge in [-0.15, -0.1) is 0 Å². The Balaban J connectivity index is 2.20. The number of nitrogens with zero attached hydrogens (tertiary/aromatic N) is 4. The van der Waals surface area contributed by atoms with Crippen LogP contribution in [0.2, 0.25) is 5.28 Å². The Morgan fingerprint density at radius 2 is 2.29 bits per heavy atom. The summed E-state index contributed by atoms with van der Waals surface area (Å²) in [6.45, 7) is 0.0802. The number of nitro groups is 1. The summed E-state index contributed by atoms with van der Waals surface area (Å²) in [5, 5.41) is 22.0. The number of anilines is 1. The van der Waals surface area contributed by atoms with E-state index < -0.39 is 10.7 Å². The summed E-state index contributed by atoms with van der Waals surface area (Å²) < 4.78 is 13.4. The number of halogens is 2. The highest BCUT2D eigenvalue weighted by Crippen LogP contribution is 2.22. The standard InChI is InChI=1S/C12H7ClFN5O2/c13-12-17-6-10(19(20)21)11(18-12)16-5-7-1-2-8(4-15)9(14)3-7/h1-3,6H,5H2,(H,16,17,18). The molecule has 2 rings (SSSR count). The van der Waals surface area contributed by atoms with Crippen molar-refractivity contribution in [3.8, 4) is 6.07 Å². The van der Waals surface area contributed by atoms with Crippen molar-refractivity contribution in [2.45, 2.75) is 6.54 Å². The number of aromatic nitrogens is 2. The Labute approximate surface area is 123 Å². The lowest BCUT2D eigenvalue weighted by Gasteiger charge is -2.06. The molecule has 1 aromatic carbocycles. The minimum atomic E-state index is -0.660. The Kier molecular flexibility index (Phi) is 4.25. The topological polar surface area (TPSA) is 105 Å². The molecule has 0 amide bonds. The SMILES string of the molecule is N#Cc1ccc(CNc2nc(Cl)ncc2[N+](=O)[O-])cc1F. The van der Waals surface area contributed by atoms with Gasteiger partial charge in [-0.25, -0.2) is 9.37 Å². The number of nitrogens with one attached hydrogen (secondary N) is 1. The van der Waals surface area contributed by atoms with Gasteiger partial charge in [-0.05, 0) is 29.3 Å². The highest BCUT2D eigenvalue weighted by atomic mass is 35.5. The third-order valence-corrected chi connectivity index (χ3v) is 2.73. The molecule has 0 aliphatic rings. The summed E-state index contributed by atoms with van der Waals surface area (Å²) in [6.07, 6.45) is 0.983. The summed E-state index contributed by atoms with van der Waals surface area (Å²) in [6, 6.07) is 5.73. The smallest absolute Gasteiger partial charge is 0.329 e. The van der Waals surface area contributed by atoms with Crippen LogP contribution in [0.15, 0.2) is 24.4 Å². The first-order valence-electron chi connectivity index (χ1n) is 5.60. The fourth-order valence-electron chi connectivity index (χ4n) is 1.56. The molecule has 7 nitrogen and oxygen atoms in total. The molecule has 2 aromatic rings. The molecule has 0 aliphatic carbocycles. The molecular formula is C12H7ClFN5O2. The van der Waals surface area contributed by atoms with Crippen LogP contribution >= 0.6 is 11.6 Å². The zero-order valence-corrected chi connectivity index (χ0v) is 11.1. The predicted molar refractivity (Wildman–Crippen MR) is 72.1 cm³/mol. The molecule has 1 heterocycles. The van der Waals surface area contributed by atoms with Crippen LogP contribution in [0.3, 0.4) is 0 Å². The highest BCUT2D eigenvalue weighted by molar-refractivity contribution is 6.28. The molecule has 0 spiro atoms. The van der Waals surface area contributed by atoms with E-state index in [1.165, 1.54) is 18.2 Å². The van der Waals surface area contributed by atoms with Crippen molar-refractivity contribution in [2.75, 3.05) is 5.32 Å². The summed E-state index contributed by atoms with van der Waals surface area (Å²) in [7, 11) is 0. The van der Waals surface area contributed by atoms with E-state index in [0.29, 0.717) is 5.56 Å². The van der Waals surface area contributed by atoms with Crippen LogP contribution < -0.4 is 5.32 Å². The molecule has 0 unspecified atom stereocenters. The first-order chi connectivity index (χ1) is 10.0.